The van der Waals surface area contributed by atoms with Gasteiger partial charge in [-0.3, -0.25) is 4.72 Å². The fraction of sp³-hybridized carbons (Fsp3) is 0.444. The van der Waals surface area contributed by atoms with Gasteiger partial charge in [0.15, 0.2) is 11.6 Å². The van der Waals surface area contributed by atoms with E-state index in [1.807, 2.05) is 0 Å². The number of aliphatic hydroxyl groups excluding tert-OH is 1. The third kappa shape index (κ3) is 2.62. The lowest BCUT2D eigenvalue weighted by Gasteiger charge is -2.13. The summed E-state index contributed by atoms with van der Waals surface area (Å²) in [6.07, 6.45) is 3.28. The first-order valence-corrected chi connectivity index (χ1v) is 5.65. The van der Waals surface area contributed by atoms with Gasteiger partial charge in [-0.05, 0) is 18.9 Å². The Hall–Kier alpha value is -0.890. The highest BCUT2D eigenvalue weighted by atomic mass is 32.2. The smallest absolute Gasteiger partial charge is 0.173 e. The van der Waals surface area contributed by atoms with Gasteiger partial charge in [0.2, 0.25) is 0 Å². The van der Waals surface area contributed by atoms with Gasteiger partial charge in [0.1, 0.15) is 0 Å². The van der Waals surface area contributed by atoms with Gasteiger partial charge in [-0.1, -0.05) is 0 Å². The predicted molar refractivity (Wildman–Crippen MR) is 58.0 cm³/mol. The summed E-state index contributed by atoms with van der Waals surface area (Å²) in [4.78, 5) is 3.78. The van der Waals surface area contributed by atoms with E-state index in [0.717, 1.165) is 29.4 Å². The summed E-state index contributed by atoms with van der Waals surface area (Å²) < 4.78 is 17.2. The lowest BCUT2D eigenvalue weighted by Crippen LogP contribution is -2.15. The molecule has 0 radical (unpaired) electrons. The molecule has 1 aliphatic carbocycles. The second kappa shape index (κ2) is 4.96. The molecule has 0 aliphatic heterocycles. The first-order chi connectivity index (χ1) is 7.72. The number of anilines is 1. The zero-order chi connectivity index (χ0) is 11.5. The number of rotatable bonds is 5. The molecule has 1 heterocycles. The topological polar surface area (TPSA) is 68.6 Å². The quantitative estimate of drug-likeness (QED) is 0.540. The number of hydroxylamine groups is 1. The summed E-state index contributed by atoms with van der Waals surface area (Å²) in [5, 5.41) is 18.3. The zero-order valence-corrected chi connectivity index (χ0v) is 9.24. The summed E-state index contributed by atoms with van der Waals surface area (Å²) in [6, 6.07) is 1.55. The second-order valence-corrected chi connectivity index (χ2v) is 4.28. The summed E-state index contributed by atoms with van der Waals surface area (Å²) in [5.41, 5.74) is 0.175. The van der Waals surface area contributed by atoms with E-state index >= 15 is 0 Å². The first kappa shape index (κ1) is 11.6. The number of aliphatic hydroxyl groups is 1. The highest BCUT2D eigenvalue weighted by molar-refractivity contribution is 7.98. The molecule has 0 amide bonds. The third-order valence-electron chi connectivity index (χ3n) is 2.23. The maximum atomic E-state index is 13.5. The molecule has 3 N–H and O–H groups in total. The summed E-state index contributed by atoms with van der Waals surface area (Å²) in [5.74, 6) is -0.585. The van der Waals surface area contributed by atoms with Gasteiger partial charge in [-0.2, -0.15) is 0 Å². The van der Waals surface area contributed by atoms with Crippen molar-refractivity contribution in [1.82, 2.24) is 9.45 Å². The highest BCUT2D eigenvalue weighted by Gasteiger charge is 2.29. The van der Waals surface area contributed by atoms with Crippen molar-refractivity contribution in [2.75, 3.05) is 4.72 Å². The van der Waals surface area contributed by atoms with E-state index in [9.17, 15) is 9.60 Å². The molecular formula is C9H12FN3O2S. The minimum Gasteiger partial charge on any atom is -0.392 e. The molecule has 1 aromatic rings. The van der Waals surface area contributed by atoms with Crippen molar-refractivity contribution in [1.29, 1.82) is 0 Å². The highest BCUT2D eigenvalue weighted by Crippen LogP contribution is 2.30. The second-order valence-electron chi connectivity index (χ2n) is 3.52. The van der Waals surface area contributed by atoms with E-state index < -0.39 is 5.82 Å². The van der Waals surface area contributed by atoms with Crippen LogP contribution in [0.5, 0.6) is 0 Å². The van der Waals surface area contributed by atoms with Gasteiger partial charge < -0.3 is 10.3 Å². The Kier molecular flexibility index (Phi) is 3.59. The van der Waals surface area contributed by atoms with Crippen molar-refractivity contribution >= 4 is 18.0 Å². The lowest BCUT2D eigenvalue weighted by molar-refractivity contribution is 0.00908. The van der Waals surface area contributed by atoms with Crippen molar-refractivity contribution in [3.8, 4) is 0 Å². The molecule has 2 rings (SSSR count). The Morgan fingerprint density at radius 3 is 3.00 bits per heavy atom. The average molecular weight is 245 g/mol. The maximum absolute atomic E-state index is 13.5. The number of nitrogens with one attached hydrogen (secondary N) is 1. The molecule has 0 aromatic carbocycles. The number of hydrogen-bond donors (Lipinski definition) is 3. The monoisotopic (exact) mass is 245 g/mol. The van der Waals surface area contributed by atoms with E-state index in [-0.39, 0.29) is 24.0 Å². The lowest BCUT2D eigenvalue weighted by atomic mass is 10.2. The zero-order valence-electron chi connectivity index (χ0n) is 8.43. The molecule has 5 nitrogen and oxygen atoms in total. The van der Waals surface area contributed by atoms with Crippen LogP contribution in [0.3, 0.4) is 0 Å². The number of hydrogen-bond acceptors (Lipinski definition) is 6. The summed E-state index contributed by atoms with van der Waals surface area (Å²) in [6.45, 7) is -0.376. The minimum absolute atomic E-state index is 0.0104. The van der Waals surface area contributed by atoms with E-state index in [0.29, 0.717) is 0 Å². The van der Waals surface area contributed by atoms with Crippen LogP contribution in [-0.2, 0) is 6.61 Å². The van der Waals surface area contributed by atoms with Crippen LogP contribution in [-0.4, -0.2) is 25.8 Å². The fourth-order valence-electron chi connectivity index (χ4n) is 1.14. The van der Waals surface area contributed by atoms with Gasteiger partial charge in [0.25, 0.3) is 0 Å². The van der Waals surface area contributed by atoms with Crippen LogP contribution in [0.2, 0.25) is 0 Å². The molecule has 0 atom stereocenters. The molecule has 1 saturated carbocycles. The normalized spacial score (nSPS) is 15.5. The van der Waals surface area contributed by atoms with Crippen LogP contribution in [0.15, 0.2) is 12.3 Å². The van der Waals surface area contributed by atoms with Gasteiger partial charge in [-0.15, -0.1) is 4.47 Å². The van der Waals surface area contributed by atoms with Crippen molar-refractivity contribution < 1.29 is 14.7 Å². The van der Waals surface area contributed by atoms with Gasteiger partial charge in [0.05, 0.1) is 18.7 Å². The average Bonchev–Trinajstić information content (AvgIpc) is 3.11. The molecular weight excluding hydrogens is 233 g/mol. The van der Waals surface area contributed by atoms with Crippen molar-refractivity contribution in [3.63, 3.8) is 0 Å². The van der Waals surface area contributed by atoms with Gasteiger partial charge in [-0.25, -0.2) is 9.37 Å². The first-order valence-electron chi connectivity index (χ1n) is 4.87. The largest absolute Gasteiger partial charge is 0.392 e. The Balaban J connectivity index is 1.97. The molecule has 0 spiro atoms. The minimum atomic E-state index is -0.596. The Morgan fingerprint density at radius 2 is 2.38 bits per heavy atom. The molecule has 88 valence electrons. The number of halogens is 1. The SMILES string of the molecule is OCc1ccnc(NSN(O)C2CC2)c1F. The van der Waals surface area contributed by atoms with Crippen molar-refractivity contribution in [2.45, 2.75) is 25.5 Å². The van der Waals surface area contributed by atoms with E-state index in [1.54, 1.807) is 0 Å². The van der Waals surface area contributed by atoms with Crippen molar-refractivity contribution in [2.24, 2.45) is 0 Å². The molecule has 1 aromatic heterocycles. The van der Waals surface area contributed by atoms with Crippen LogP contribution in [0.4, 0.5) is 10.2 Å². The van der Waals surface area contributed by atoms with Crippen LogP contribution >= 0.6 is 12.1 Å². The molecule has 0 unspecified atom stereocenters. The molecule has 0 bridgehead atoms. The number of pyridine rings is 1. The van der Waals surface area contributed by atoms with E-state index in [4.69, 9.17) is 5.11 Å². The molecule has 1 fully saturated rings. The van der Waals surface area contributed by atoms with Crippen LogP contribution < -0.4 is 4.72 Å². The Bertz CT molecular complexity index is 376. The van der Waals surface area contributed by atoms with Crippen LogP contribution in [0, 0.1) is 5.82 Å². The van der Waals surface area contributed by atoms with Crippen molar-refractivity contribution in [3.05, 3.63) is 23.6 Å². The molecule has 7 heteroatoms. The number of aromatic nitrogens is 1. The van der Waals surface area contributed by atoms with Gasteiger partial charge >= 0.3 is 0 Å². The number of nitrogens with zero attached hydrogens (tertiary/aromatic N) is 2. The van der Waals surface area contributed by atoms with Crippen LogP contribution in [0.1, 0.15) is 18.4 Å². The molecule has 0 saturated heterocycles. The maximum Gasteiger partial charge on any atom is 0.173 e. The summed E-state index contributed by atoms with van der Waals surface area (Å²) >= 11 is 0.888. The summed E-state index contributed by atoms with van der Waals surface area (Å²) in [7, 11) is 0. The Labute approximate surface area is 96.5 Å². The van der Waals surface area contributed by atoms with E-state index in [1.165, 1.54) is 12.3 Å². The standard InChI is InChI=1S/C9H12FN3O2S/c10-8-6(5-14)3-4-11-9(8)12-16-13(15)7-1-2-7/h3-4,7,14-15H,1-2,5H2,(H,11,12). The van der Waals surface area contributed by atoms with Crippen LogP contribution in [0.25, 0.3) is 0 Å². The molecule has 16 heavy (non-hydrogen) atoms. The fourth-order valence-corrected chi connectivity index (χ4v) is 1.82. The van der Waals surface area contributed by atoms with E-state index in [2.05, 4.69) is 9.71 Å². The van der Waals surface area contributed by atoms with Gasteiger partial charge in [0, 0.05) is 17.8 Å². The third-order valence-corrected chi connectivity index (χ3v) is 3.00. The molecule has 1 aliphatic rings. The predicted octanol–water partition coefficient (Wildman–Crippen LogP) is 1.54. The Morgan fingerprint density at radius 1 is 1.62 bits per heavy atom.